The molecular formula is C13H27ClN2O. The van der Waals surface area contributed by atoms with Crippen molar-refractivity contribution in [3.63, 3.8) is 0 Å². The Hall–Kier alpha value is -0.280. The van der Waals surface area contributed by atoms with Gasteiger partial charge in [0.1, 0.15) is 0 Å². The summed E-state index contributed by atoms with van der Waals surface area (Å²) in [4.78, 5) is 11.6. The normalized spacial score (nSPS) is 19.1. The number of hydrogen-bond acceptors (Lipinski definition) is 2. The molecule has 1 heterocycles. The Kier molecular flexibility index (Phi) is 9.56. The van der Waals surface area contributed by atoms with Crippen LogP contribution < -0.4 is 10.6 Å². The van der Waals surface area contributed by atoms with E-state index in [1.165, 1.54) is 6.42 Å². The molecule has 1 unspecified atom stereocenters. The third-order valence-electron chi connectivity index (χ3n) is 3.67. The van der Waals surface area contributed by atoms with Crippen LogP contribution in [0.25, 0.3) is 0 Å². The minimum atomic E-state index is 0. The molecule has 2 N–H and O–H groups in total. The molecule has 4 heteroatoms. The smallest absolute Gasteiger partial charge is 0.220 e. The summed E-state index contributed by atoms with van der Waals surface area (Å²) in [6.45, 7) is 7.44. The van der Waals surface area contributed by atoms with Gasteiger partial charge in [0.25, 0.3) is 0 Å². The highest BCUT2D eigenvalue weighted by molar-refractivity contribution is 5.85. The maximum atomic E-state index is 11.6. The molecule has 0 bridgehead atoms. The van der Waals surface area contributed by atoms with Gasteiger partial charge in [-0.3, -0.25) is 4.79 Å². The van der Waals surface area contributed by atoms with Crippen LogP contribution in [0.3, 0.4) is 0 Å². The van der Waals surface area contributed by atoms with E-state index < -0.39 is 0 Å². The van der Waals surface area contributed by atoms with Crippen LogP contribution in [0.15, 0.2) is 0 Å². The van der Waals surface area contributed by atoms with E-state index in [-0.39, 0.29) is 18.3 Å². The van der Waals surface area contributed by atoms with Crippen LogP contribution in [-0.2, 0) is 4.79 Å². The molecule has 0 aliphatic carbocycles. The molecule has 1 atom stereocenters. The Labute approximate surface area is 112 Å². The lowest BCUT2D eigenvalue weighted by molar-refractivity contribution is -0.122. The van der Waals surface area contributed by atoms with Gasteiger partial charge in [-0.05, 0) is 37.8 Å². The lowest BCUT2D eigenvalue weighted by Crippen LogP contribution is -2.27. The van der Waals surface area contributed by atoms with Crippen molar-refractivity contribution in [3.8, 4) is 0 Å². The van der Waals surface area contributed by atoms with Crippen molar-refractivity contribution < 1.29 is 4.79 Å². The third kappa shape index (κ3) is 6.89. The van der Waals surface area contributed by atoms with Gasteiger partial charge in [0.05, 0.1) is 0 Å². The summed E-state index contributed by atoms with van der Waals surface area (Å²) in [5.41, 5.74) is 0. The van der Waals surface area contributed by atoms with Crippen LogP contribution in [-0.4, -0.2) is 25.5 Å². The van der Waals surface area contributed by atoms with Crippen molar-refractivity contribution in [3.05, 3.63) is 0 Å². The third-order valence-corrected chi connectivity index (χ3v) is 3.67. The summed E-state index contributed by atoms with van der Waals surface area (Å²) in [7, 11) is 0. The summed E-state index contributed by atoms with van der Waals surface area (Å²) in [6, 6.07) is 0. The van der Waals surface area contributed by atoms with Gasteiger partial charge in [0, 0.05) is 13.0 Å². The fraction of sp³-hybridized carbons (Fsp3) is 0.923. The van der Waals surface area contributed by atoms with Crippen molar-refractivity contribution in [1.82, 2.24) is 10.6 Å². The standard InChI is InChI=1S/C13H26N2O.ClH/c1-3-11(4-2)9-13(16)15-8-6-12-5-7-14-10-12;/h11-12,14H,3-10H2,1-2H3,(H,15,16);1H. The SMILES string of the molecule is CCC(CC)CC(=O)NCCC1CCNC1.Cl. The molecular weight excluding hydrogens is 236 g/mol. The summed E-state index contributed by atoms with van der Waals surface area (Å²) in [5.74, 6) is 1.57. The summed E-state index contributed by atoms with van der Waals surface area (Å²) < 4.78 is 0. The maximum Gasteiger partial charge on any atom is 0.220 e. The van der Waals surface area contributed by atoms with Gasteiger partial charge >= 0.3 is 0 Å². The Bertz CT molecular complexity index is 202. The number of rotatable bonds is 7. The molecule has 0 radical (unpaired) electrons. The zero-order chi connectivity index (χ0) is 11.8. The van der Waals surface area contributed by atoms with Crippen molar-refractivity contribution >= 4 is 18.3 Å². The van der Waals surface area contributed by atoms with E-state index in [9.17, 15) is 4.79 Å². The van der Waals surface area contributed by atoms with E-state index in [0.717, 1.165) is 44.8 Å². The van der Waals surface area contributed by atoms with Gasteiger partial charge < -0.3 is 10.6 Å². The molecule has 0 aromatic rings. The van der Waals surface area contributed by atoms with Gasteiger partial charge in [-0.2, -0.15) is 0 Å². The predicted molar refractivity (Wildman–Crippen MR) is 74.5 cm³/mol. The second-order valence-corrected chi connectivity index (χ2v) is 4.88. The zero-order valence-corrected chi connectivity index (χ0v) is 11.9. The highest BCUT2D eigenvalue weighted by Gasteiger charge is 2.14. The number of halogens is 1. The van der Waals surface area contributed by atoms with E-state index in [1.807, 2.05) is 0 Å². The average molecular weight is 263 g/mol. The van der Waals surface area contributed by atoms with E-state index in [2.05, 4.69) is 24.5 Å². The molecule has 1 saturated heterocycles. The maximum absolute atomic E-state index is 11.6. The molecule has 1 rings (SSSR count). The lowest BCUT2D eigenvalue weighted by atomic mass is 9.99. The van der Waals surface area contributed by atoms with Crippen LogP contribution >= 0.6 is 12.4 Å². The summed E-state index contributed by atoms with van der Waals surface area (Å²) >= 11 is 0. The van der Waals surface area contributed by atoms with Gasteiger partial charge in [-0.15, -0.1) is 12.4 Å². The van der Waals surface area contributed by atoms with E-state index in [0.29, 0.717) is 12.3 Å². The highest BCUT2D eigenvalue weighted by atomic mass is 35.5. The summed E-state index contributed by atoms with van der Waals surface area (Å²) in [5, 5.41) is 6.39. The fourth-order valence-corrected chi connectivity index (χ4v) is 2.29. The minimum Gasteiger partial charge on any atom is -0.356 e. The van der Waals surface area contributed by atoms with Crippen LogP contribution in [0.2, 0.25) is 0 Å². The van der Waals surface area contributed by atoms with E-state index >= 15 is 0 Å². The van der Waals surface area contributed by atoms with Crippen LogP contribution in [0.5, 0.6) is 0 Å². The Morgan fingerprint density at radius 2 is 2.12 bits per heavy atom. The lowest BCUT2D eigenvalue weighted by Gasteiger charge is -2.13. The number of carbonyl (C=O) groups is 1. The molecule has 0 spiro atoms. The highest BCUT2D eigenvalue weighted by Crippen LogP contribution is 2.13. The van der Waals surface area contributed by atoms with Gasteiger partial charge in [0.15, 0.2) is 0 Å². The molecule has 1 aliphatic rings. The van der Waals surface area contributed by atoms with Gasteiger partial charge in [0.2, 0.25) is 5.91 Å². The number of carbonyl (C=O) groups excluding carboxylic acids is 1. The van der Waals surface area contributed by atoms with E-state index in [1.54, 1.807) is 0 Å². The number of hydrogen-bond donors (Lipinski definition) is 2. The Morgan fingerprint density at radius 3 is 2.65 bits per heavy atom. The van der Waals surface area contributed by atoms with Crippen LogP contribution in [0.4, 0.5) is 0 Å². The molecule has 0 saturated carbocycles. The molecule has 102 valence electrons. The first-order valence-corrected chi connectivity index (χ1v) is 6.73. The van der Waals surface area contributed by atoms with Crippen LogP contribution in [0, 0.1) is 11.8 Å². The van der Waals surface area contributed by atoms with Crippen molar-refractivity contribution in [1.29, 1.82) is 0 Å². The van der Waals surface area contributed by atoms with Crippen molar-refractivity contribution in [2.75, 3.05) is 19.6 Å². The Balaban J connectivity index is 0.00000256. The molecule has 1 aliphatic heterocycles. The average Bonchev–Trinajstić information content (AvgIpc) is 2.79. The molecule has 0 aromatic carbocycles. The first-order chi connectivity index (χ1) is 7.76. The number of amides is 1. The molecule has 3 nitrogen and oxygen atoms in total. The molecule has 17 heavy (non-hydrogen) atoms. The quantitative estimate of drug-likeness (QED) is 0.740. The number of nitrogens with one attached hydrogen (secondary N) is 2. The predicted octanol–water partition coefficient (Wildman–Crippen LogP) is 2.35. The van der Waals surface area contributed by atoms with Crippen molar-refractivity contribution in [2.24, 2.45) is 11.8 Å². The first kappa shape index (κ1) is 16.7. The topological polar surface area (TPSA) is 41.1 Å². The summed E-state index contributed by atoms with van der Waals surface area (Å²) in [6.07, 6.45) is 5.31. The molecule has 0 aromatic heterocycles. The van der Waals surface area contributed by atoms with Crippen molar-refractivity contribution in [2.45, 2.75) is 46.0 Å². The largest absolute Gasteiger partial charge is 0.356 e. The minimum absolute atomic E-state index is 0. The second kappa shape index (κ2) is 9.72. The van der Waals surface area contributed by atoms with Crippen LogP contribution in [0.1, 0.15) is 46.0 Å². The zero-order valence-electron chi connectivity index (χ0n) is 11.1. The first-order valence-electron chi connectivity index (χ1n) is 6.73. The molecule has 1 amide bonds. The van der Waals surface area contributed by atoms with Gasteiger partial charge in [-0.1, -0.05) is 26.7 Å². The monoisotopic (exact) mass is 262 g/mol. The molecule has 1 fully saturated rings. The van der Waals surface area contributed by atoms with Gasteiger partial charge in [-0.25, -0.2) is 0 Å². The second-order valence-electron chi connectivity index (χ2n) is 4.88. The fourth-order valence-electron chi connectivity index (χ4n) is 2.29. The van der Waals surface area contributed by atoms with E-state index in [4.69, 9.17) is 0 Å². The Morgan fingerprint density at radius 1 is 1.41 bits per heavy atom.